The molecule has 0 bridgehead atoms. The number of piperidine rings is 1. The van der Waals surface area contributed by atoms with Crippen molar-refractivity contribution in [3.8, 4) is 0 Å². The van der Waals surface area contributed by atoms with Gasteiger partial charge in [0, 0.05) is 32.0 Å². The smallest absolute Gasteiger partial charge is 0.404 e. The number of anilines is 1. The number of aryl methyl sites for hydroxylation is 1. The van der Waals surface area contributed by atoms with Gasteiger partial charge in [0.2, 0.25) is 5.95 Å². The molecule has 0 aliphatic carbocycles. The number of rotatable bonds is 4. The van der Waals surface area contributed by atoms with Crippen molar-refractivity contribution in [2.45, 2.75) is 26.2 Å². The lowest BCUT2D eigenvalue weighted by Crippen LogP contribution is -2.39. The molecule has 1 aliphatic rings. The van der Waals surface area contributed by atoms with Crippen LogP contribution < -0.4 is 10.2 Å². The highest BCUT2D eigenvalue weighted by atomic mass is 16.4. The summed E-state index contributed by atoms with van der Waals surface area (Å²) in [6, 6.07) is 0. The van der Waals surface area contributed by atoms with Gasteiger partial charge in [-0.2, -0.15) is 0 Å². The first-order chi connectivity index (χ1) is 9.19. The second kappa shape index (κ2) is 6.36. The third-order valence-electron chi connectivity index (χ3n) is 3.54. The molecule has 6 heteroatoms. The topological polar surface area (TPSA) is 78.4 Å². The van der Waals surface area contributed by atoms with Crippen molar-refractivity contribution in [3.05, 3.63) is 18.0 Å². The van der Waals surface area contributed by atoms with E-state index in [9.17, 15) is 4.79 Å². The number of carbonyl (C=O) groups is 1. The van der Waals surface area contributed by atoms with Crippen LogP contribution in [0.1, 0.15) is 25.3 Å². The van der Waals surface area contributed by atoms with E-state index >= 15 is 0 Å². The highest BCUT2D eigenvalue weighted by Crippen LogP contribution is 2.19. The molecule has 19 heavy (non-hydrogen) atoms. The first-order valence-corrected chi connectivity index (χ1v) is 6.71. The lowest BCUT2D eigenvalue weighted by Gasteiger charge is -2.31. The van der Waals surface area contributed by atoms with Crippen LogP contribution >= 0.6 is 0 Å². The van der Waals surface area contributed by atoms with E-state index in [0.29, 0.717) is 12.5 Å². The van der Waals surface area contributed by atoms with Gasteiger partial charge in [0.05, 0.1) is 0 Å². The van der Waals surface area contributed by atoms with E-state index < -0.39 is 6.09 Å². The third kappa shape index (κ3) is 3.81. The van der Waals surface area contributed by atoms with Gasteiger partial charge in [0.1, 0.15) is 0 Å². The number of carboxylic acid groups (broad SMARTS) is 1. The van der Waals surface area contributed by atoms with Gasteiger partial charge in [0.25, 0.3) is 0 Å². The molecule has 1 saturated heterocycles. The van der Waals surface area contributed by atoms with Crippen LogP contribution in [0.2, 0.25) is 0 Å². The monoisotopic (exact) mass is 264 g/mol. The van der Waals surface area contributed by atoms with Crippen LogP contribution in [0.3, 0.4) is 0 Å². The molecule has 104 valence electrons. The molecule has 0 spiro atoms. The maximum atomic E-state index is 10.4. The van der Waals surface area contributed by atoms with Crippen molar-refractivity contribution in [3.63, 3.8) is 0 Å². The SMILES string of the molecule is CCc1cnc(N2CCC(CNC(=O)O)CC2)nc1. The Balaban J connectivity index is 1.83. The highest BCUT2D eigenvalue weighted by molar-refractivity contribution is 5.64. The fourth-order valence-corrected chi connectivity index (χ4v) is 2.26. The molecule has 0 aromatic carbocycles. The average Bonchev–Trinajstić information content (AvgIpc) is 2.46. The van der Waals surface area contributed by atoms with Crippen LogP contribution in [0, 0.1) is 5.92 Å². The lowest BCUT2D eigenvalue weighted by atomic mass is 9.97. The molecule has 1 aromatic rings. The second-order valence-electron chi connectivity index (χ2n) is 4.86. The molecule has 1 aliphatic heterocycles. The average molecular weight is 264 g/mol. The molecule has 2 heterocycles. The normalized spacial score (nSPS) is 16.4. The molecule has 0 unspecified atom stereocenters. The zero-order valence-corrected chi connectivity index (χ0v) is 11.2. The quantitative estimate of drug-likeness (QED) is 0.862. The molecule has 0 saturated carbocycles. The number of amides is 1. The van der Waals surface area contributed by atoms with E-state index in [0.717, 1.165) is 43.9 Å². The number of aromatic nitrogens is 2. The van der Waals surface area contributed by atoms with E-state index in [1.54, 1.807) is 0 Å². The predicted molar refractivity (Wildman–Crippen MR) is 72.4 cm³/mol. The van der Waals surface area contributed by atoms with Gasteiger partial charge in [-0.25, -0.2) is 14.8 Å². The summed E-state index contributed by atoms with van der Waals surface area (Å²) in [4.78, 5) is 21.4. The van der Waals surface area contributed by atoms with E-state index in [1.165, 1.54) is 0 Å². The van der Waals surface area contributed by atoms with Gasteiger partial charge >= 0.3 is 6.09 Å². The van der Waals surface area contributed by atoms with Gasteiger partial charge in [-0.15, -0.1) is 0 Å². The number of nitrogens with one attached hydrogen (secondary N) is 1. The Kier molecular flexibility index (Phi) is 4.54. The number of hydrogen-bond donors (Lipinski definition) is 2. The van der Waals surface area contributed by atoms with Crippen LogP contribution in [0.5, 0.6) is 0 Å². The fraction of sp³-hybridized carbons (Fsp3) is 0.615. The van der Waals surface area contributed by atoms with Crippen molar-refractivity contribution in [1.29, 1.82) is 0 Å². The Morgan fingerprint density at radius 1 is 1.42 bits per heavy atom. The summed E-state index contributed by atoms with van der Waals surface area (Å²) in [6.45, 7) is 4.40. The van der Waals surface area contributed by atoms with Crippen molar-refractivity contribution in [2.24, 2.45) is 5.92 Å². The summed E-state index contributed by atoms with van der Waals surface area (Å²) < 4.78 is 0. The summed E-state index contributed by atoms with van der Waals surface area (Å²) >= 11 is 0. The van der Waals surface area contributed by atoms with Crippen LogP contribution in [-0.4, -0.2) is 40.8 Å². The molecule has 2 N–H and O–H groups in total. The number of hydrogen-bond acceptors (Lipinski definition) is 4. The molecule has 0 atom stereocenters. The van der Waals surface area contributed by atoms with E-state index in [1.807, 2.05) is 12.4 Å². The predicted octanol–water partition coefficient (Wildman–Crippen LogP) is 1.52. The van der Waals surface area contributed by atoms with Gasteiger partial charge in [0.15, 0.2) is 0 Å². The van der Waals surface area contributed by atoms with Crippen molar-refractivity contribution >= 4 is 12.0 Å². The summed E-state index contributed by atoms with van der Waals surface area (Å²) in [5.41, 5.74) is 1.14. The summed E-state index contributed by atoms with van der Waals surface area (Å²) in [5.74, 6) is 1.20. The number of nitrogens with zero attached hydrogens (tertiary/aromatic N) is 3. The first kappa shape index (κ1) is 13.6. The summed E-state index contributed by atoms with van der Waals surface area (Å²) in [5, 5.41) is 11.0. The molecule has 0 radical (unpaired) electrons. The zero-order chi connectivity index (χ0) is 13.7. The van der Waals surface area contributed by atoms with Gasteiger partial charge in [-0.3, -0.25) is 0 Å². The van der Waals surface area contributed by atoms with Crippen LogP contribution in [0.15, 0.2) is 12.4 Å². The Morgan fingerprint density at radius 3 is 2.58 bits per heavy atom. The van der Waals surface area contributed by atoms with Crippen LogP contribution in [-0.2, 0) is 6.42 Å². The fourth-order valence-electron chi connectivity index (χ4n) is 2.26. The second-order valence-corrected chi connectivity index (χ2v) is 4.86. The Labute approximate surface area is 112 Å². The lowest BCUT2D eigenvalue weighted by molar-refractivity contribution is 0.191. The molecular formula is C13H20N4O2. The minimum atomic E-state index is -0.944. The third-order valence-corrected chi connectivity index (χ3v) is 3.54. The van der Waals surface area contributed by atoms with E-state index in [4.69, 9.17) is 5.11 Å². The minimum absolute atomic E-state index is 0.419. The Bertz CT molecular complexity index is 413. The Morgan fingerprint density at radius 2 is 2.05 bits per heavy atom. The van der Waals surface area contributed by atoms with Gasteiger partial charge in [-0.1, -0.05) is 6.92 Å². The first-order valence-electron chi connectivity index (χ1n) is 6.71. The van der Waals surface area contributed by atoms with Gasteiger partial charge in [-0.05, 0) is 30.7 Å². The largest absolute Gasteiger partial charge is 0.465 e. The Hall–Kier alpha value is -1.85. The summed E-state index contributed by atoms with van der Waals surface area (Å²) in [7, 11) is 0. The molecule has 1 amide bonds. The maximum absolute atomic E-state index is 10.4. The molecule has 2 rings (SSSR count). The minimum Gasteiger partial charge on any atom is -0.465 e. The van der Waals surface area contributed by atoms with Crippen molar-refractivity contribution < 1.29 is 9.90 Å². The van der Waals surface area contributed by atoms with Crippen molar-refractivity contribution in [2.75, 3.05) is 24.5 Å². The maximum Gasteiger partial charge on any atom is 0.404 e. The standard InChI is InChI=1S/C13H20N4O2/c1-2-10-7-14-12(15-8-10)17-5-3-11(4-6-17)9-16-13(18)19/h7-8,11,16H,2-6,9H2,1H3,(H,18,19). The summed E-state index contributed by atoms with van der Waals surface area (Å²) in [6.07, 6.45) is 5.70. The zero-order valence-electron chi connectivity index (χ0n) is 11.2. The molecule has 1 fully saturated rings. The van der Waals surface area contributed by atoms with Crippen LogP contribution in [0.25, 0.3) is 0 Å². The van der Waals surface area contributed by atoms with Crippen LogP contribution in [0.4, 0.5) is 10.7 Å². The molecule has 6 nitrogen and oxygen atoms in total. The molecule has 1 aromatic heterocycles. The van der Waals surface area contributed by atoms with Crippen molar-refractivity contribution in [1.82, 2.24) is 15.3 Å². The van der Waals surface area contributed by atoms with E-state index in [2.05, 4.69) is 27.1 Å². The van der Waals surface area contributed by atoms with Gasteiger partial charge < -0.3 is 15.3 Å². The van der Waals surface area contributed by atoms with E-state index in [-0.39, 0.29) is 0 Å². The molecular weight excluding hydrogens is 244 g/mol. The highest BCUT2D eigenvalue weighted by Gasteiger charge is 2.21.